The summed E-state index contributed by atoms with van der Waals surface area (Å²) in [6.07, 6.45) is 3.21. The molecule has 7 heteroatoms. The Morgan fingerprint density at radius 1 is 1.23 bits per heavy atom. The predicted octanol–water partition coefficient (Wildman–Crippen LogP) is 4.18. The minimum Gasteiger partial charge on any atom is -0.334 e. The fourth-order valence-electron chi connectivity index (χ4n) is 3.63. The zero-order valence-corrected chi connectivity index (χ0v) is 17.8. The van der Waals surface area contributed by atoms with E-state index >= 15 is 0 Å². The van der Waals surface area contributed by atoms with E-state index < -0.39 is 0 Å². The summed E-state index contributed by atoms with van der Waals surface area (Å²) in [6, 6.07) is 11.8. The quantitative estimate of drug-likeness (QED) is 0.725. The van der Waals surface area contributed by atoms with E-state index in [-0.39, 0.29) is 23.7 Å². The molecule has 1 heterocycles. The molecule has 1 saturated heterocycles. The molecule has 158 valence electrons. The van der Waals surface area contributed by atoms with E-state index in [9.17, 15) is 14.0 Å². The van der Waals surface area contributed by atoms with Gasteiger partial charge in [-0.3, -0.25) is 14.5 Å². The number of carbonyl (C=O) groups is 2. The molecule has 30 heavy (non-hydrogen) atoms. The van der Waals surface area contributed by atoms with Crippen molar-refractivity contribution >= 4 is 35.2 Å². The first kappa shape index (κ1) is 22.0. The van der Waals surface area contributed by atoms with Crippen molar-refractivity contribution < 1.29 is 14.0 Å². The van der Waals surface area contributed by atoms with E-state index in [1.165, 1.54) is 19.1 Å². The van der Waals surface area contributed by atoms with E-state index in [4.69, 9.17) is 11.6 Å². The van der Waals surface area contributed by atoms with Gasteiger partial charge in [0, 0.05) is 55.9 Å². The van der Waals surface area contributed by atoms with Crippen LogP contribution in [0.15, 0.2) is 48.5 Å². The number of carbonyl (C=O) groups excluding carboxylic acids is 2. The molecule has 2 aromatic carbocycles. The maximum absolute atomic E-state index is 13.4. The third kappa shape index (κ3) is 5.90. The molecule has 1 unspecified atom stereocenters. The average molecular weight is 430 g/mol. The zero-order chi connectivity index (χ0) is 21.7. The second-order valence-electron chi connectivity index (χ2n) is 7.49. The minimum atomic E-state index is -0.236. The number of benzene rings is 2. The molecule has 1 aliphatic rings. The first-order valence-electron chi connectivity index (χ1n) is 9.84. The van der Waals surface area contributed by atoms with Crippen LogP contribution in [0.2, 0.25) is 5.02 Å². The Labute approximate surface area is 181 Å². The third-order valence-electron chi connectivity index (χ3n) is 5.02. The molecule has 0 aliphatic carbocycles. The Kier molecular flexibility index (Phi) is 7.24. The highest BCUT2D eigenvalue weighted by atomic mass is 35.5. The predicted molar refractivity (Wildman–Crippen MR) is 118 cm³/mol. The maximum Gasteiger partial charge on any atom is 0.246 e. The molecule has 1 atom stereocenters. The van der Waals surface area contributed by atoms with Crippen molar-refractivity contribution in [1.82, 2.24) is 9.80 Å². The van der Waals surface area contributed by atoms with Crippen LogP contribution in [0.25, 0.3) is 6.08 Å². The second-order valence-corrected chi connectivity index (χ2v) is 7.93. The second kappa shape index (κ2) is 9.87. The van der Waals surface area contributed by atoms with Crippen LogP contribution in [-0.2, 0) is 16.1 Å². The Morgan fingerprint density at radius 3 is 2.73 bits per heavy atom. The van der Waals surface area contributed by atoms with E-state index in [1.807, 2.05) is 17.9 Å². The van der Waals surface area contributed by atoms with Crippen LogP contribution in [0, 0.1) is 5.82 Å². The highest BCUT2D eigenvalue weighted by Gasteiger charge is 2.26. The number of halogens is 2. The van der Waals surface area contributed by atoms with Gasteiger partial charge < -0.3 is 10.2 Å². The number of rotatable bonds is 5. The molecular formula is C23H25ClFN3O2. The number of hydrogen-bond donors (Lipinski definition) is 1. The van der Waals surface area contributed by atoms with Gasteiger partial charge in [0.05, 0.1) is 0 Å². The largest absolute Gasteiger partial charge is 0.334 e. The molecule has 0 spiro atoms. The summed E-state index contributed by atoms with van der Waals surface area (Å²) in [7, 11) is 0. The summed E-state index contributed by atoms with van der Waals surface area (Å²) in [5.41, 5.74) is 2.20. The number of amides is 2. The van der Waals surface area contributed by atoms with E-state index in [0.717, 1.165) is 12.1 Å². The van der Waals surface area contributed by atoms with Crippen LogP contribution in [0.1, 0.15) is 25.0 Å². The highest BCUT2D eigenvalue weighted by Crippen LogP contribution is 2.23. The van der Waals surface area contributed by atoms with Crippen LogP contribution in [-0.4, -0.2) is 47.3 Å². The Hall–Kier alpha value is -2.70. The maximum atomic E-state index is 13.4. The lowest BCUT2D eigenvalue weighted by Gasteiger charge is -2.39. The molecule has 5 nitrogen and oxygen atoms in total. The smallest absolute Gasteiger partial charge is 0.246 e. The van der Waals surface area contributed by atoms with Gasteiger partial charge in [0.25, 0.3) is 0 Å². The van der Waals surface area contributed by atoms with Crippen molar-refractivity contribution in [2.75, 3.05) is 25.0 Å². The SMILES string of the molecule is CC(=O)Nc1cc(Cl)ccc1/C=C/C(=O)N1CCN(Cc2cccc(F)c2)CC1C. The fourth-order valence-corrected chi connectivity index (χ4v) is 3.80. The number of nitrogens with one attached hydrogen (secondary N) is 1. The molecule has 2 aromatic rings. The van der Waals surface area contributed by atoms with Crippen molar-refractivity contribution in [1.29, 1.82) is 0 Å². The lowest BCUT2D eigenvalue weighted by Crippen LogP contribution is -2.53. The minimum absolute atomic E-state index is 0.0319. The summed E-state index contributed by atoms with van der Waals surface area (Å²) in [4.78, 5) is 28.2. The van der Waals surface area contributed by atoms with Crippen molar-refractivity contribution in [3.63, 3.8) is 0 Å². The van der Waals surface area contributed by atoms with E-state index in [2.05, 4.69) is 10.2 Å². The molecule has 1 fully saturated rings. The monoisotopic (exact) mass is 429 g/mol. The third-order valence-corrected chi connectivity index (χ3v) is 5.26. The van der Waals surface area contributed by atoms with Gasteiger partial charge in [-0.25, -0.2) is 4.39 Å². The summed E-state index contributed by atoms with van der Waals surface area (Å²) < 4.78 is 13.4. The van der Waals surface area contributed by atoms with Gasteiger partial charge >= 0.3 is 0 Å². The van der Waals surface area contributed by atoms with Gasteiger partial charge in [0.2, 0.25) is 11.8 Å². The van der Waals surface area contributed by atoms with Gasteiger partial charge in [-0.05, 0) is 48.4 Å². The van der Waals surface area contributed by atoms with E-state index in [1.54, 1.807) is 36.4 Å². The number of anilines is 1. The normalized spacial score (nSPS) is 17.3. The van der Waals surface area contributed by atoms with Crippen LogP contribution < -0.4 is 5.32 Å². The lowest BCUT2D eigenvalue weighted by atomic mass is 10.1. The molecule has 0 aromatic heterocycles. The van der Waals surface area contributed by atoms with Gasteiger partial charge in [-0.1, -0.05) is 29.8 Å². The Bertz CT molecular complexity index is 963. The summed E-state index contributed by atoms with van der Waals surface area (Å²) in [6.45, 7) is 6.12. The number of nitrogens with zero attached hydrogens (tertiary/aromatic N) is 2. The van der Waals surface area contributed by atoms with Crippen molar-refractivity contribution in [2.24, 2.45) is 0 Å². The topological polar surface area (TPSA) is 52.7 Å². The lowest BCUT2D eigenvalue weighted by molar-refractivity contribution is -0.130. The molecule has 0 radical (unpaired) electrons. The Morgan fingerprint density at radius 2 is 2.03 bits per heavy atom. The zero-order valence-electron chi connectivity index (χ0n) is 17.1. The first-order chi connectivity index (χ1) is 14.3. The summed E-state index contributed by atoms with van der Waals surface area (Å²) in [5.74, 6) is -0.529. The fraction of sp³-hybridized carbons (Fsp3) is 0.304. The van der Waals surface area contributed by atoms with Crippen LogP contribution in [0.3, 0.4) is 0 Å². The summed E-state index contributed by atoms with van der Waals surface area (Å²) in [5, 5.41) is 3.23. The van der Waals surface area contributed by atoms with Crippen molar-refractivity contribution in [2.45, 2.75) is 26.4 Å². The summed E-state index contributed by atoms with van der Waals surface area (Å²) >= 11 is 6.01. The van der Waals surface area contributed by atoms with Crippen molar-refractivity contribution in [3.05, 3.63) is 70.5 Å². The molecular weight excluding hydrogens is 405 g/mol. The first-order valence-corrected chi connectivity index (χ1v) is 10.2. The van der Waals surface area contributed by atoms with Gasteiger partial charge in [-0.2, -0.15) is 0 Å². The molecule has 0 saturated carbocycles. The number of piperazine rings is 1. The molecule has 1 N–H and O–H groups in total. The van der Waals surface area contributed by atoms with Crippen molar-refractivity contribution in [3.8, 4) is 0 Å². The van der Waals surface area contributed by atoms with Gasteiger partial charge in [0.1, 0.15) is 5.82 Å². The van der Waals surface area contributed by atoms with Crippen LogP contribution >= 0.6 is 11.6 Å². The Balaban J connectivity index is 1.62. The highest BCUT2D eigenvalue weighted by molar-refractivity contribution is 6.31. The standard InChI is InChI=1S/C23H25ClFN3O2/c1-16-14-27(15-18-4-3-5-21(25)12-18)10-11-28(16)23(30)9-7-19-6-8-20(24)13-22(19)26-17(2)29/h3-9,12-13,16H,10-11,14-15H2,1-2H3,(H,26,29)/b9-7+. The van der Waals surface area contributed by atoms with Gasteiger partial charge in [-0.15, -0.1) is 0 Å². The molecule has 3 rings (SSSR count). The number of hydrogen-bond acceptors (Lipinski definition) is 3. The molecule has 2 amide bonds. The molecule has 0 bridgehead atoms. The van der Waals surface area contributed by atoms with E-state index in [0.29, 0.717) is 35.9 Å². The van der Waals surface area contributed by atoms with Crippen LogP contribution in [0.5, 0.6) is 0 Å². The molecule has 1 aliphatic heterocycles. The van der Waals surface area contributed by atoms with Crippen LogP contribution in [0.4, 0.5) is 10.1 Å². The average Bonchev–Trinajstić information content (AvgIpc) is 2.67. The van der Waals surface area contributed by atoms with Gasteiger partial charge in [0.15, 0.2) is 0 Å².